The number of benzene rings is 1. The van der Waals surface area contributed by atoms with Gasteiger partial charge < -0.3 is 20.7 Å². The first kappa shape index (κ1) is 17.9. The van der Waals surface area contributed by atoms with Crippen LogP contribution in [-0.2, 0) is 9.59 Å². The van der Waals surface area contributed by atoms with Crippen LogP contribution in [0.5, 0.6) is 5.75 Å². The van der Waals surface area contributed by atoms with Gasteiger partial charge in [0.1, 0.15) is 17.4 Å². The molecule has 0 radical (unpaired) electrons. The van der Waals surface area contributed by atoms with Crippen molar-refractivity contribution in [2.75, 3.05) is 19.7 Å². The third-order valence-electron chi connectivity index (χ3n) is 5.62. The van der Waals surface area contributed by atoms with Crippen LogP contribution in [0.15, 0.2) is 12.1 Å². The minimum atomic E-state index is -0.653. The lowest BCUT2D eigenvalue weighted by Crippen LogP contribution is -2.58. The number of carbonyl (C=O) groups excluding carboxylic acids is 2. The highest BCUT2D eigenvalue weighted by Gasteiger charge is 2.45. The standard InChI is InChI=1S/C18H21Cl2N3O3/c19-12-3-2-11-13(8-26-15(11)14(12)20)23-17(25)16(24)22-10-6-18(7-10)4-1-5-21-9-18/h2-3,10,13,21H,1,4-9H2,(H,22,24)(H,23,25). The number of hydrogen-bond acceptors (Lipinski definition) is 4. The van der Waals surface area contributed by atoms with Crippen LogP contribution < -0.4 is 20.7 Å². The van der Waals surface area contributed by atoms with Crippen molar-refractivity contribution in [2.24, 2.45) is 5.41 Å². The van der Waals surface area contributed by atoms with E-state index >= 15 is 0 Å². The maximum Gasteiger partial charge on any atom is 0.309 e. The lowest BCUT2D eigenvalue weighted by Gasteiger charge is -2.50. The van der Waals surface area contributed by atoms with Crippen LogP contribution in [-0.4, -0.2) is 37.6 Å². The Labute approximate surface area is 161 Å². The molecule has 1 aromatic carbocycles. The van der Waals surface area contributed by atoms with Crippen LogP contribution in [0.25, 0.3) is 0 Å². The number of rotatable bonds is 2. The molecule has 1 atom stereocenters. The third kappa shape index (κ3) is 3.26. The Morgan fingerprint density at radius 2 is 1.96 bits per heavy atom. The van der Waals surface area contributed by atoms with Gasteiger partial charge in [0.15, 0.2) is 0 Å². The van der Waals surface area contributed by atoms with E-state index in [2.05, 4.69) is 16.0 Å². The van der Waals surface area contributed by atoms with Gasteiger partial charge in [-0.05, 0) is 43.7 Å². The second kappa shape index (κ2) is 6.91. The number of ether oxygens (including phenoxy) is 1. The molecule has 26 heavy (non-hydrogen) atoms. The number of amides is 2. The van der Waals surface area contributed by atoms with E-state index in [4.69, 9.17) is 27.9 Å². The number of fused-ring (bicyclic) bond motifs is 1. The molecule has 4 rings (SSSR count). The first-order valence-electron chi connectivity index (χ1n) is 8.90. The fourth-order valence-corrected chi connectivity index (χ4v) is 4.66. The van der Waals surface area contributed by atoms with Crippen LogP contribution >= 0.6 is 23.2 Å². The van der Waals surface area contributed by atoms with Crippen LogP contribution in [0, 0.1) is 5.41 Å². The Bertz CT molecular complexity index is 741. The van der Waals surface area contributed by atoms with Crippen molar-refractivity contribution in [3.8, 4) is 5.75 Å². The SMILES string of the molecule is O=C(NC1CC2(CCCNC2)C1)C(=O)NC1COc2c1ccc(Cl)c2Cl. The zero-order chi connectivity index (χ0) is 18.3. The first-order chi connectivity index (χ1) is 12.5. The summed E-state index contributed by atoms with van der Waals surface area (Å²) >= 11 is 12.1. The highest BCUT2D eigenvalue weighted by Crippen LogP contribution is 2.46. The normalized spacial score (nSPS) is 29.5. The van der Waals surface area contributed by atoms with Gasteiger partial charge in [-0.3, -0.25) is 9.59 Å². The number of carbonyl (C=O) groups is 2. The van der Waals surface area contributed by atoms with Crippen molar-refractivity contribution in [3.05, 3.63) is 27.7 Å². The number of hydrogen-bond donors (Lipinski definition) is 3. The van der Waals surface area contributed by atoms with Crippen LogP contribution in [0.3, 0.4) is 0 Å². The summed E-state index contributed by atoms with van der Waals surface area (Å²) in [6.45, 7) is 2.30. The summed E-state index contributed by atoms with van der Waals surface area (Å²) < 4.78 is 5.52. The molecule has 1 spiro atoms. The van der Waals surface area contributed by atoms with Crippen molar-refractivity contribution >= 4 is 35.0 Å². The van der Waals surface area contributed by atoms with E-state index in [1.165, 1.54) is 12.8 Å². The minimum Gasteiger partial charge on any atom is -0.489 e. The number of nitrogens with one attached hydrogen (secondary N) is 3. The quantitative estimate of drug-likeness (QED) is 0.668. The van der Waals surface area contributed by atoms with Gasteiger partial charge in [0.05, 0.1) is 11.1 Å². The highest BCUT2D eigenvalue weighted by molar-refractivity contribution is 6.43. The molecular weight excluding hydrogens is 377 g/mol. The predicted molar refractivity (Wildman–Crippen MR) is 98.5 cm³/mol. The van der Waals surface area contributed by atoms with Gasteiger partial charge in [0.25, 0.3) is 0 Å². The molecule has 3 N–H and O–H groups in total. The monoisotopic (exact) mass is 397 g/mol. The van der Waals surface area contributed by atoms with Gasteiger partial charge in [0, 0.05) is 18.2 Å². The smallest absolute Gasteiger partial charge is 0.309 e. The Morgan fingerprint density at radius 3 is 2.69 bits per heavy atom. The van der Waals surface area contributed by atoms with E-state index in [9.17, 15) is 9.59 Å². The molecule has 1 aromatic rings. The fraction of sp³-hybridized carbons (Fsp3) is 0.556. The maximum atomic E-state index is 12.3. The van der Waals surface area contributed by atoms with E-state index in [0.29, 0.717) is 21.2 Å². The molecule has 1 saturated carbocycles. The molecule has 1 aliphatic carbocycles. The first-order valence-corrected chi connectivity index (χ1v) is 9.66. The molecule has 2 amide bonds. The Hall–Kier alpha value is -1.50. The predicted octanol–water partition coefficient (Wildman–Crippen LogP) is 2.19. The third-order valence-corrected chi connectivity index (χ3v) is 6.40. The van der Waals surface area contributed by atoms with Crippen LogP contribution in [0.2, 0.25) is 10.0 Å². The second-order valence-electron chi connectivity index (χ2n) is 7.48. The van der Waals surface area contributed by atoms with Gasteiger partial charge in [-0.2, -0.15) is 0 Å². The van der Waals surface area contributed by atoms with E-state index in [-0.39, 0.29) is 12.6 Å². The van der Waals surface area contributed by atoms with Crippen LogP contribution in [0.1, 0.15) is 37.3 Å². The summed E-state index contributed by atoms with van der Waals surface area (Å²) in [4.78, 5) is 24.5. The molecule has 1 saturated heterocycles. The molecule has 6 nitrogen and oxygen atoms in total. The molecular formula is C18H21Cl2N3O3. The van der Waals surface area contributed by atoms with Gasteiger partial charge in [-0.1, -0.05) is 29.3 Å². The van der Waals surface area contributed by atoms with Crippen molar-refractivity contribution in [1.29, 1.82) is 0 Å². The van der Waals surface area contributed by atoms with Gasteiger partial charge in [0.2, 0.25) is 0 Å². The largest absolute Gasteiger partial charge is 0.489 e. The van der Waals surface area contributed by atoms with Crippen molar-refractivity contribution in [2.45, 2.75) is 37.8 Å². The number of halogens is 2. The Balaban J connectivity index is 1.31. The molecule has 2 aliphatic heterocycles. The summed E-state index contributed by atoms with van der Waals surface area (Å²) in [5, 5.41) is 9.69. The fourth-order valence-electron chi connectivity index (χ4n) is 4.29. The summed E-state index contributed by atoms with van der Waals surface area (Å²) in [5.74, 6) is -0.780. The molecule has 0 bridgehead atoms. The van der Waals surface area contributed by atoms with Crippen molar-refractivity contribution in [1.82, 2.24) is 16.0 Å². The highest BCUT2D eigenvalue weighted by atomic mass is 35.5. The molecule has 140 valence electrons. The average molecular weight is 398 g/mol. The summed E-state index contributed by atoms with van der Waals surface area (Å²) in [7, 11) is 0. The molecule has 2 heterocycles. The molecule has 8 heteroatoms. The zero-order valence-electron chi connectivity index (χ0n) is 14.2. The molecule has 2 fully saturated rings. The van der Waals surface area contributed by atoms with Gasteiger partial charge in [-0.15, -0.1) is 0 Å². The van der Waals surface area contributed by atoms with Gasteiger partial charge >= 0.3 is 11.8 Å². The van der Waals surface area contributed by atoms with E-state index in [1.54, 1.807) is 12.1 Å². The van der Waals surface area contributed by atoms with E-state index in [0.717, 1.165) is 31.5 Å². The maximum absolute atomic E-state index is 12.3. The summed E-state index contributed by atoms with van der Waals surface area (Å²) in [6, 6.07) is 3.08. The Morgan fingerprint density at radius 1 is 1.19 bits per heavy atom. The molecule has 1 unspecified atom stereocenters. The Kier molecular flexibility index (Phi) is 4.75. The number of piperidine rings is 1. The van der Waals surface area contributed by atoms with E-state index < -0.39 is 17.9 Å². The van der Waals surface area contributed by atoms with Crippen molar-refractivity contribution in [3.63, 3.8) is 0 Å². The van der Waals surface area contributed by atoms with E-state index in [1.807, 2.05) is 0 Å². The topological polar surface area (TPSA) is 79.5 Å². The lowest BCUT2D eigenvalue weighted by molar-refractivity contribution is -0.141. The molecule has 3 aliphatic rings. The summed E-state index contributed by atoms with van der Waals surface area (Å²) in [5.41, 5.74) is 1.04. The minimum absolute atomic E-state index is 0.0773. The van der Waals surface area contributed by atoms with Crippen molar-refractivity contribution < 1.29 is 14.3 Å². The zero-order valence-corrected chi connectivity index (χ0v) is 15.8. The lowest BCUT2D eigenvalue weighted by atomic mass is 9.62. The summed E-state index contributed by atoms with van der Waals surface area (Å²) in [6.07, 6.45) is 4.23. The van der Waals surface area contributed by atoms with Crippen LogP contribution in [0.4, 0.5) is 0 Å². The van der Waals surface area contributed by atoms with Gasteiger partial charge in [-0.25, -0.2) is 0 Å². The second-order valence-corrected chi connectivity index (χ2v) is 8.26. The average Bonchev–Trinajstić information content (AvgIpc) is 3.01. The molecule has 0 aromatic heterocycles.